The lowest BCUT2D eigenvalue weighted by Gasteiger charge is -2.12. The van der Waals surface area contributed by atoms with Gasteiger partial charge in [0.2, 0.25) is 0 Å². The quantitative estimate of drug-likeness (QED) is 0.350. The summed E-state index contributed by atoms with van der Waals surface area (Å²) in [5.41, 5.74) is 1.26. The van der Waals surface area contributed by atoms with Crippen molar-refractivity contribution in [2.45, 2.75) is 46.5 Å². The topological polar surface area (TPSA) is 43.4 Å². The van der Waals surface area contributed by atoms with Gasteiger partial charge in [0.05, 0.1) is 6.61 Å². The van der Waals surface area contributed by atoms with Crippen LogP contribution in [0.2, 0.25) is 0 Å². The van der Waals surface area contributed by atoms with E-state index in [0.29, 0.717) is 18.1 Å². The van der Waals surface area contributed by atoms with Crippen molar-refractivity contribution >= 4 is 17.8 Å². The van der Waals surface area contributed by atoms with Gasteiger partial charge < -0.3 is 4.74 Å². The van der Waals surface area contributed by atoms with Crippen molar-refractivity contribution in [2.24, 2.45) is 11.8 Å². The summed E-state index contributed by atoms with van der Waals surface area (Å²) in [6, 6.07) is 6.75. The Balaban J connectivity index is 2.32. The molecule has 1 aromatic rings. The van der Waals surface area contributed by atoms with Crippen LogP contribution in [0.25, 0.3) is 6.08 Å². The van der Waals surface area contributed by atoms with Crippen molar-refractivity contribution in [3.05, 3.63) is 42.0 Å². The normalized spacial score (nSPS) is 12.0. The van der Waals surface area contributed by atoms with Crippen LogP contribution in [0, 0.1) is 11.8 Å². The van der Waals surface area contributed by atoms with E-state index in [2.05, 4.69) is 27.4 Å². The van der Waals surface area contributed by atoms with Crippen LogP contribution < -0.4 is 0 Å². The molecule has 0 bridgehead atoms. The molecule has 1 unspecified atom stereocenters. The summed E-state index contributed by atoms with van der Waals surface area (Å²) < 4.78 is 5.10. The summed E-state index contributed by atoms with van der Waals surface area (Å²) in [6.07, 6.45) is 6.04. The lowest BCUT2D eigenvalue weighted by Crippen LogP contribution is -2.19. The molecule has 0 spiro atoms. The average Bonchev–Trinajstić information content (AvgIpc) is 2.53. The number of hydrogen-bond donors (Lipinski definition) is 0. The predicted octanol–water partition coefficient (Wildman–Crippen LogP) is 4.91. The van der Waals surface area contributed by atoms with Gasteiger partial charge in [0.25, 0.3) is 5.78 Å². The molecular formula is C20H28O3. The highest BCUT2D eigenvalue weighted by molar-refractivity contribution is 6.40. The number of esters is 1. The molecule has 0 radical (unpaired) electrons. The second-order valence-corrected chi connectivity index (χ2v) is 6.51. The summed E-state index contributed by atoms with van der Waals surface area (Å²) in [5, 5.41) is 0. The van der Waals surface area contributed by atoms with Gasteiger partial charge in [-0.3, -0.25) is 4.79 Å². The van der Waals surface area contributed by atoms with E-state index in [1.165, 1.54) is 12.8 Å². The average molecular weight is 316 g/mol. The lowest BCUT2D eigenvalue weighted by molar-refractivity contribution is -0.138. The maximum atomic E-state index is 12.0. The van der Waals surface area contributed by atoms with Crippen LogP contribution in [0.15, 0.2) is 30.8 Å². The molecule has 0 saturated heterocycles. The molecule has 23 heavy (non-hydrogen) atoms. The third-order valence-corrected chi connectivity index (χ3v) is 3.92. The second-order valence-electron chi connectivity index (χ2n) is 6.51. The predicted molar refractivity (Wildman–Crippen MR) is 94.3 cm³/mol. The zero-order chi connectivity index (χ0) is 17.2. The molecule has 3 heteroatoms. The Morgan fingerprint density at radius 2 is 1.74 bits per heavy atom. The fourth-order valence-corrected chi connectivity index (χ4v) is 2.33. The van der Waals surface area contributed by atoms with Gasteiger partial charge in [-0.05, 0) is 23.8 Å². The number of rotatable bonds is 10. The van der Waals surface area contributed by atoms with Gasteiger partial charge in [-0.2, -0.15) is 0 Å². The molecule has 0 aliphatic heterocycles. The first kappa shape index (κ1) is 19.1. The van der Waals surface area contributed by atoms with Crippen LogP contribution in [0.5, 0.6) is 0 Å². The van der Waals surface area contributed by atoms with Gasteiger partial charge in [0.15, 0.2) is 0 Å². The molecule has 0 heterocycles. The Hall–Kier alpha value is -1.90. The Kier molecular flexibility index (Phi) is 8.31. The minimum Gasteiger partial charge on any atom is -0.460 e. The van der Waals surface area contributed by atoms with Crippen LogP contribution in [-0.2, 0) is 9.53 Å². The standard InChI is InChI=1S/C20H28O3/c1-5-17-9-11-18(12-10-17)19(21)20(22)23-14-13-16(4)8-6-7-15(2)3/h5,9-12,15-16H,1,6-8,13-14H2,2-4H3. The number of ether oxygens (including phenoxy) is 1. The van der Waals surface area contributed by atoms with Crippen LogP contribution in [0.4, 0.5) is 0 Å². The molecule has 0 fully saturated rings. The second kappa shape index (κ2) is 9.98. The molecule has 0 amide bonds. The van der Waals surface area contributed by atoms with Crippen molar-refractivity contribution in [1.82, 2.24) is 0 Å². The smallest absolute Gasteiger partial charge is 0.379 e. The van der Waals surface area contributed by atoms with Crippen LogP contribution in [-0.4, -0.2) is 18.4 Å². The van der Waals surface area contributed by atoms with Crippen LogP contribution in [0.1, 0.15) is 62.4 Å². The molecule has 0 aliphatic rings. The van der Waals surface area contributed by atoms with E-state index in [0.717, 1.165) is 24.3 Å². The Labute approximate surface area is 139 Å². The van der Waals surface area contributed by atoms with Crippen LogP contribution >= 0.6 is 0 Å². The molecule has 3 nitrogen and oxygen atoms in total. The summed E-state index contributed by atoms with van der Waals surface area (Å²) in [7, 11) is 0. The van der Waals surface area contributed by atoms with Crippen molar-refractivity contribution < 1.29 is 14.3 Å². The van der Waals surface area contributed by atoms with Crippen molar-refractivity contribution in [3.8, 4) is 0 Å². The van der Waals surface area contributed by atoms with Crippen LogP contribution in [0.3, 0.4) is 0 Å². The number of carbonyl (C=O) groups is 2. The molecule has 0 N–H and O–H groups in total. The molecule has 0 aromatic heterocycles. The fraction of sp³-hybridized carbons (Fsp3) is 0.500. The molecule has 0 aliphatic carbocycles. The largest absolute Gasteiger partial charge is 0.460 e. The minimum atomic E-state index is -0.772. The van der Waals surface area contributed by atoms with Gasteiger partial charge >= 0.3 is 5.97 Å². The van der Waals surface area contributed by atoms with E-state index < -0.39 is 11.8 Å². The molecule has 1 rings (SSSR count). The third kappa shape index (κ3) is 7.27. The first-order chi connectivity index (χ1) is 10.9. The minimum absolute atomic E-state index is 0.304. The highest BCUT2D eigenvalue weighted by Gasteiger charge is 2.17. The molecule has 0 saturated carbocycles. The van der Waals surface area contributed by atoms with E-state index in [4.69, 9.17) is 4.74 Å². The van der Waals surface area contributed by atoms with Crippen molar-refractivity contribution in [3.63, 3.8) is 0 Å². The Morgan fingerprint density at radius 1 is 1.09 bits per heavy atom. The Bertz CT molecular complexity index is 514. The first-order valence-corrected chi connectivity index (χ1v) is 8.38. The van der Waals surface area contributed by atoms with E-state index in [9.17, 15) is 9.59 Å². The number of carbonyl (C=O) groups excluding carboxylic acids is 2. The van der Waals surface area contributed by atoms with Gasteiger partial charge in [-0.25, -0.2) is 4.79 Å². The summed E-state index contributed by atoms with van der Waals surface area (Å²) in [4.78, 5) is 23.8. The van der Waals surface area contributed by atoms with Gasteiger partial charge in [0.1, 0.15) is 0 Å². The van der Waals surface area contributed by atoms with E-state index in [-0.39, 0.29) is 0 Å². The van der Waals surface area contributed by atoms with Gasteiger partial charge in [0, 0.05) is 5.56 Å². The summed E-state index contributed by atoms with van der Waals surface area (Å²) in [6.45, 7) is 10.6. The highest BCUT2D eigenvalue weighted by Crippen LogP contribution is 2.15. The van der Waals surface area contributed by atoms with E-state index in [1.54, 1.807) is 30.3 Å². The molecular weight excluding hydrogens is 288 g/mol. The molecule has 1 aromatic carbocycles. The number of ketones is 1. The SMILES string of the molecule is C=Cc1ccc(C(=O)C(=O)OCCC(C)CCCC(C)C)cc1. The lowest BCUT2D eigenvalue weighted by atomic mass is 9.98. The Morgan fingerprint density at radius 3 is 2.30 bits per heavy atom. The number of hydrogen-bond acceptors (Lipinski definition) is 3. The zero-order valence-electron chi connectivity index (χ0n) is 14.5. The first-order valence-electron chi connectivity index (χ1n) is 8.38. The molecule has 126 valence electrons. The zero-order valence-corrected chi connectivity index (χ0v) is 14.5. The number of Topliss-reactive ketones (excluding diaryl/α,β-unsaturated/α-hetero) is 1. The maximum absolute atomic E-state index is 12.0. The third-order valence-electron chi connectivity index (χ3n) is 3.92. The van der Waals surface area contributed by atoms with Crippen molar-refractivity contribution in [2.75, 3.05) is 6.61 Å². The van der Waals surface area contributed by atoms with Gasteiger partial charge in [-0.15, -0.1) is 0 Å². The maximum Gasteiger partial charge on any atom is 0.379 e. The highest BCUT2D eigenvalue weighted by atomic mass is 16.5. The number of benzene rings is 1. The summed E-state index contributed by atoms with van der Waals surface area (Å²) in [5.74, 6) is -0.132. The van der Waals surface area contributed by atoms with Gasteiger partial charge in [-0.1, -0.05) is 77.0 Å². The van der Waals surface area contributed by atoms with E-state index >= 15 is 0 Å². The fourth-order valence-electron chi connectivity index (χ4n) is 2.33. The summed E-state index contributed by atoms with van der Waals surface area (Å²) >= 11 is 0. The van der Waals surface area contributed by atoms with E-state index in [1.807, 2.05) is 0 Å². The van der Waals surface area contributed by atoms with Crippen molar-refractivity contribution in [1.29, 1.82) is 0 Å². The molecule has 1 atom stereocenters. The monoisotopic (exact) mass is 316 g/mol.